The number of rotatable bonds is 6. The van der Waals surface area contributed by atoms with Gasteiger partial charge in [0.15, 0.2) is 5.82 Å². The fourth-order valence-corrected chi connectivity index (χ4v) is 2.07. The lowest BCUT2D eigenvalue weighted by Crippen LogP contribution is -2.23. The van der Waals surface area contributed by atoms with E-state index in [4.69, 9.17) is 9.47 Å². The molecular formula is C16H16N6O3. The summed E-state index contributed by atoms with van der Waals surface area (Å²) >= 11 is 0. The Labute approximate surface area is 143 Å². The second-order valence-corrected chi connectivity index (χ2v) is 4.94. The van der Waals surface area contributed by atoms with Crippen LogP contribution in [0, 0.1) is 0 Å². The molecular weight excluding hydrogens is 324 g/mol. The Balaban J connectivity index is 1.68. The van der Waals surface area contributed by atoms with Crippen molar-refractivity contribution in [3.63, 3.8) is 0 Å². The third-order valence-corrected chi connectivity index (χ3v) is 3.31. The van der Waals surface area contributed by atoms with Gasteiger partial charge in [-0.2, -0.15) is 15.1 Å². The molecule has 3 heterocycles. The molecule has 0 unspecified atom stereocenters. The van der Waals surface area contributed by atoms with Crippen molar-refractivity contribution in [1.82, 2.24) is 30.0 Å². The van der Waals surface area contributed by atoms with Crippen LogP contribution in [0.4, 0.5) is 0 Å². The van der Waals surface area contributed by atoms with Gasteiger partial charge in [-0.1, -0.05) is 0 Å². The van der Waals surface area contributed by atoms with Crippen LogP contribution >= 0.6 is 0 Å². The molecule has 1 N–H and O–H groups in total. The minimum atomic E-state index is -0.291. The van der Waals surface area contributed by atoms with E-state index in [0.717, 1.165) is 5.69 Å². The van der Waals surface area contributed by atoms with Gasteiger partial charge in [-0.3, -0.25) is 9.78 Å². The molecule has 0 spiro atoms. The van der Waals surface area contributed by atoms with E-state index in [9.17, 15) is 4.79 Å². The highest BCUT2D eigenvalue weighted by atomic mass is 16.5. The SMILES string of the molecule is COc1cc(OC)nc(CNC(=O)c2cnn(-c3cccnc3)c2)n1. The fourth-order valence-electron chi connectivity index (χ4n) is 2.07. The van der Waals surface area contributed by atoms with Gasteiger partial charge in [0.25, 0.3) is 5.91 Å². The first-order valence-corrected chi connectivity index (χ1v) is 7.39. The number of aromatic nitrogens is 5. The molecule has 1 amide bonds. The summed E-state index contributed by atoms with van der Waals surface area (Å²) < 4.78 is 11.7. The maximum Gasteiger partial charge on any atom is 0.254 e. The Morgan fingerprint density at radius 2 is 1.96 bits per heavy atom. The Hall–Kier alpha value is -3.49. The summed E-state index contributed by atoms with van der Waals surface area (Å²) in [7, 11) is 2.99. The molecule has 3 aromatic rings. The van der Waals surface area contributed by atoms with Crippen molar-refractivity contribution in [3.05, 3.63) is 54.4 Å². The van der Waals surface area contributed by atoms with Gasteiger partial charge < -0.3 is 14.8 Å². The third-order valence-electron chi connectivity index (χ3n) is 3.31. The van der Waals surface area contributed by atoms with Crippen LogP contribution in [0.3, 0.4) is 0 Å². The number of ether oxygens (including phenoxy) is 2. The quantitative estimate of drug-likeness (QED) is 0.714. The monoisotopic (exact) mass is 340 g/mol. The molecule has 0 aliphatic heterocycles. The summed E-state index contributed by atoms with van der Waals surface area (Å²) in [5.41, 5.74) is 1.18. The van der Waals surface area contributed by atoms with E-state index in [1.807, 2.05) is 6.07 Å². The van der Waals surface area contributed by atoms with Crippen LogP contribution in [-0.2, 0) is 6.54 Å². The smallest absolute Gasteiger partial charge is 0.254 e. The first kappa shape index (κ1) is 16.4. The highest BCUT2D eigenvalue weighted by Crippen LogP contribution is 2.14. The zero-order valence-electron chi connectivity index (χ0n) is 13.7. The molecule has 128 valence electrons. The second-order valence-electron chi connectivity index (χ2n) is 4.94. The van der Waals surface area contributed by atoms with Crippen LogP contribution in [0.5, 0.6) is 11.8 Å². The molecule has 0 aliphatic rings. The van der Waals surface area contributed by atoms with E-state index in [1.54, 1.807) is 35.4 Å². The average Bonchev–Trinajstić information content (AvgIpc) is 3.16. The van der Waals surface area contributed by atoms with Crippen LogP contribution in [0.15, 0.2) is 43.0 Å². The van der Waals surface area contributed by atoms with E-state index in [2.05, 4.69) is 25.4 Å². The first-order chi connectivity index (χ1) is 12.2. The molecule has 0 saturated heterocycles. The number of carbonyl (C=O) groups excluding carboxylic acids is 1. The van der Waals surface area contributed by atoms with Gasteiger partial charge in [-0.25, -0.2) is 4.68 Å². The Morgan fingerprint density at radius 1 is 1.20 bits per heavy atom. The average molecular weight is 340 g/mol. The first-order valence-electron chi connectivity index (χ1n) is 7.39. The van der Waals surface area contributed by atoms with E-state index in [1.165, 1.54) is 20.4 Å². The van der Waals surface area contributed by atoms with Crippen molar-refractivity contribution in [2.45, 2.75) is 6.54 Å². The lowest BCUT2D eigenvalue weighted by atomic mass is 10.3. The van der Waals surface area contributed by atoms with Crippen molar-refractivity contribution in [3.8, 4) is 17.4 Å². The summed E-state index contributed by atoms with van der Waals surface area (Å²) in [5.74, 6) is 0.811. The molecule has 0 saturated carbocycles. The minimum Gasteiger partial charge on any atom is -0.481 e. The van der Waals surface area contributed by atoms with Gasteiger partial charge in [-0.05, 0) is 12.1 Å². The van der Waals surface area contributed by atoms with Crippen LogP contribution in [0.2, 0.25) is 0 Å². The van der Waals surface area contributed by atoms with Crippen molar-refractivity contribution in [2.24, 2.45) is 0 Å². The minimum absolute atomic E-state index is 0.129. The van der Waals surface area contributed by atoms with Gasteiger partial charge in [0, 0.05) is 12.4 Å². The lowest BCUT2D eigenvalue weighted by molar-refractivity contribution is 0.0949. The number of amides is 1. The molecule has 0 aromatic carbocycles. The molecule has 3 rings (SSSR count). The fraction of sp³-hybridized carbons (Fsp3) is 0.188. The lowest BCUT2D eigenvalue weighted by Gasteiger charge is -2.07. The molecule has 9 heteroatoms. The number of hydrogen-bond donors (Lipinski definition) is 1. The summed E-state index contributed by atoms with van der Waals surface area (Å²) in [6, 6.07) is 5.20. The van der Waals surface area contributed by atoms with Gasteiger partial charge in [-0.15, -0.1) is 0 Å². The van der Waals surface area contributed by atoms with Gasteiger partial charge in [0.05, 0.1) is 50.5 Å². The van der Waals surface area contributed by atoms with Gasteiger partial charge in [0.1, 0.15) is 0 Å². The summed E-state index contributed by atoms with van der Waals surface area (Å²) in [6.45, 7) is 0.129. The second kappa shape index (κ2) is 7.39. The van der Waals surface area contributed by atoms with E-state index >= 15 is 0 Å². The van der Waals surface area contributed by atoms with Crippen LogP contribution in [-0.4, -0.2) is 44.9 Å². The van der Waals surface area contributed by atoms with Gasteiger partial charge >= 0.3 is 0 Å². The van der Waals surface area contributed by atoms with E-state index in [-0.39, 0.29) is 12.5 Å². The third kappa shape index (κ3) is 3.89. The highest BCUT2D eigenvalue weighted by molar-refractivity contribution is 5.93. The topological polar surface area (TPSA) is 104 Å². The molecule has 0 atom stereocenters. The molecule has 0 fully saturated rings. The predicted octanol–water partition coefficient (Wildman–Crippen LogP) is 1.00. The number of hydrogen-bond acceptors (Lipinski definition) is 7. The molecule has 9 nitrogen and oxygen atoms in total. The van der Waals surface area contributed by atoms with Crippen molar-refractivity contribution >= 4 is 5.91 Å². The normalized spacial score (nSPS) is 10.3. The number of nitrogens with one attached hydrogen (secondary N) is 1. The van der Waals surface area contributed by atoms with Crippen molar-refractivity contribution in [1.29, 1.82) is 0 Å². The van der Waals surface area contributed by atoms with Crippen LogP contribution in [0.1, 0.15) is 16.2 Å². The number of pyridine rings is 1. The summed E-state index contributed by atoms with van der Waals surface area (Å²) in [4.78, 5) is 24.6. The molecule has 3 aromatic heterocycles. The maximum atomic E-state index is 12.3. The van der Waals surface area contributed by atoms with Crippen molar-refractivity contribution < 1.29 is 14.3 Å². The maximum absolute atomic E-state index is 12.3. The largest absolute Gasteiger partial charge is 0.481 e. The molecule has 0 radical (unpaired) electrons. The Morgan fingerprint density at radius 3 is 2.60 bits per heavy atom. The standard InChI is InChI=1S/C16H16N6O3/c1-24-14-6-15(25-2)21-13(20-14)9-18-16(23)11-7-19-22(10-11)12-4-3-5-17-8-12/h3-8,10H,9H2,1-2H3,(H,18,23). The molecule has 0 bridgehead atoms. The van der Waals surface area contributed by atoms with E-state index in [0.29, 0.717) is 23.1 Å². The van der Waals surface area contributed by atoms with E-state index < -0.39 is 0 Å². The number of nitrogens with zero attached hydrogens (tertiary/aromatic N) is 5. The summed E-state index contributed by atoms with van der Waals surface area (Å²) in [6.07, 6.45) is 6.43. The van der Waals surface area contributed by atoms with Crippen LogP contribution < -0.4 is 14.8 Å². The Kier molecular flexibility index (Phi) is 4.84. The van der Waals surface area contributed by atoms with Gasteiger partial charge in [0.2, 0.25) is 11.8 Å². The van der Waals surface area contributed by atoms with Crippen molar-refractivity contribution in [2.75, 3.05) is 14.2 Å². The highest BCUT2D eigenvalue weighted by Gasteiger charge is 2.11. The van der Waals surface area contributed by atoms with Crippen LogP contribution in [0.25, 0.3) is 5.69 Å². The zero-order chi connectivity index (χ0) is 17.6. The molecule has 25 heavy (non-hydrogen) atoms. The summed E-state index contributed by atoms with van der Waals surface area (Å²) in [5, 5.41) is 6.90. The molecule has 0 aliphatic carbocycles. The predicted molar refractivity (Wildman–Crippen MR) is 87.7 cm³/mol. The number of methoxy groups -OCH3 is 2. The number of carbonyl (C=O) groups is 1. The Bertz CT molecular complexity index is 843. The zero-order valence-corrected chi connectivity index (χ0v) is 13.7.